The van der Waals surface area contributed by atoms with Gasteiger partial charge in [-0.15, -0.1) is 11.3 Å². The summed E-state index contributed by atoms with van der Waals surface area (Å²) in [4.78, 5) is 8.40. The monoisotopic (exact) mass is 251 g/mol. The predicted octanol–water partition coefficient (Wildman–Crippen LogP) is 2.17. The van der Waals surface area contributed by atoms with Crippen LogP contribution in [0.3, 0.4) is 0 Å². The van der Waals surface area contributed by atoms with Gasteiger partial charge in [-0.3, -0.25) is 4.90 Å². The molecule has 1 aromatic rings. The van der Waals surface area contributed by atoms with Crippen molar-refractivity contribution in [1.82, 2.24) is 15.2 Å². The molecule has 0 bridgehead atoms. The van der Waals surface area contributed by atoms with Gasteiger partial charge < -0.3 is 5.32 Å². The van der Waals surface area contributed by atoms with Crippen LogP contribution in [0.4, 0.5) is 0 Å². The molecule has 0 aromatic carbocycles. The van der Waals surface area contributed by atoms with E-state index in [2.05, 4.69) is 29.0 Å². The van der Waals surface area contributed by atoms with Crippen LogP contribution in [-0.2, 0) is 6.54 Å². The molecule has 1 aliphatic carbocycles. The van der Waals surface area contributed by atoms with Crippen molar-refractivity contribution in [1.29, 1.82) is 0 Å². The summed E-state index contributed by atoms with van der Waals surface area (Å²) in [7, 11) is 0. The van der Waals surface area contributed by atoms with E-state index in [4.69, 9.17) is 0 Å². The minimum absolute atomic E-state index is 0.662. The highest BCUT2D eigenvalue weighted by molar-refractivity contribution is 7.11. The van der Waals surface area contributed by atoms with Gasteiger partial charge in [-0.1, -0.05) is 0 Å². The van der Waals surface area contributed by atoms with Crippen LogP contribution in [0.5, 0.6) is 0 Å². The van der Waals surface area contributed by atoms with Gasteiger partial charge in [-0.2, -0.15) is 0 Å². The predicted molar refractivity (Wildman–Crippen MR) is 71.3 cm³/mol. The molecule has 1 N–H and O–H groups in total. The third-order valence-electron chi connectivity index (χ3n) is 3.85. The standard InChI is InChI=1S/C13H21N3S/c1-9-5-11(8-16(9)12-3-4-12)14-7-13-15-6-10(2)17-13/h6,9,11-12,14H,3-5,7-8H2,1-2H3. The fourth-order valence-electron chi connectivity index (χ4n) is 2.83. The SMILES string of the molecule is Cc1cnc(CNC2CC(C)N(C3CC3)C2)s1. The fraction of sp³-hybridized carbons (Fsp3) is 0.769. The van der Waals surface area contributed by atoms with Gasteiger partial charge in [0.05, 0.1) is 0 Å². The van der Waals surface area contributed by atoms with Crippen LogP contribution < -0.4 is 5.32 Å². The lowest BCUT2D eigenvalue weighted by molar-refractivity contribution is 0.255. The molecule has 0 amide bonds. The zero-order valence-electron chi connectivity index (χ0n) is 10.6. The lowest BCUT2D eigenvalue weighted by Gasteiger charge is -2.19. The Morgan fingerprint density at radius 3 is 3.00 bits per heavy atom. The number of thiazole rings is 1. The van der Waals surface area contributed by atoms with Crippen molar-refractivity contribution in [3.05, 3.63) is 16.1 Å². The Balaban J connectivity index is 1.49. The van der Waals surface area contributed by atoms with Gasteiger partial charge in [0.25, 0.3) is 0 Å². The van der Waals surface area contributed by atoms with Crippen molar-refractivity contribution in [2.75, 3.05) is 6.54 Å². The van der Waals surface area contributed by atoms with Crippen LogP contribution in [0.25, 0.3) is 0 Å². The van der Waals surface area contributed by atoms with Crippen molar-refractivity contribution in [2.24, 2.45) is 0 Å². The molecule has 94 valence electrons. The van der Waals surface area contributed by atoms with Crippen LogP contribution in [0, 0.1) is 6.92 Å². The molecule has 4 heteroatoms. The molecular weight excluding hydrogens is 230 g/mol. The molecule has 1 aliphatic heterocycles. The second-order valence-electron chi connectivity index (χ2n) is 5.46. The fourth-order valence-corrected chi connectivity index (χ4v) is 3.57. The van der Waals surface area contributed by atoms with E-state index < -0.39 is 0 Å². The van der Waals surface area contributed by atoms with Crippen molar-refractivity contribution in [3.8, 4) is 0 Å². The Hall–Kier alpha value is -0.450. The maximum Gasteiger partial charge on any atom is 0.107 e. The number of aromatic nitrogens is 1. The first kappa shape index (κ1) is 11.6. The molecule has 1 saturated carbocycles. The van der Waals surface area contributed by atoms with Crippen LogP contribution in [0.2, 0.25) is 0 Å². The van der Waals surface area contributed by atoms with Crippen LogP contribution in [-0.4, -0.2) is 34.6 Å². The molecule has 2 aliphatic rings. The Morgan fingerprint density at radius 1 is 1.53 bits per heavy atom. The number of aryl methyl sites for hydroxylation is 1. The number of hydrogen-bond acceptors (Lipinski definition) is 4. The van der Waals surface area contributed by atoms with E-state index in [-0.39, 0.29) is 0 Å². The molecule has 2 unspecified atom stereocenters. The normalized spacial score (nSPS) is 30.0. The molecule has 3 rings (SSSR count). The average molecular weight is 251 g/mol. The first-order valence-corrected chi connectivity index (χ1v) is 7.44. The molecule has 0 radical (unpaired) electrons. The van der Waals surface area contributed by atoms with Crippen molar-refractivity contribution in [3.63, 3.8) is 0 Å². The Kier molecular flexibility index (Phi) is 3.19. The summed E-state index contributed by atoms with van der Waals surface area (Å²) in [6.07, 6.45) is 6.10. The Labute approximate surface area is 107 Å². The summed E-state index contributed by atoms with van der Waals surface area (Å²) in [6.45, 7) is 6.66. The lowest BCUT2D eigenvalue weighted by Crippen LogP contribution is -2.33. The largest absolute Gasteiger partial charge is 0.306 e. The van der Waals surface area contributed by atoms with E-state index >= 15 is 0 Å². The second-order valence-corrected chi connectivity index (χ2v) is 6.77. The minimum atomic E-state index is 0.662. The number of rotatable bonds is 4. The zero-order valence-corrected chi connectivity index (χ0v) is 11.5. The molecule has 2 fully saturated rings. The van der Waals surface area contributed by atoms with Crippen molar-refractivity contribution in [2.45, 2.75) is 57.8 Å². The van der Waals surface area contributed by atoms with E-state index in [1.165, 1.54) is 35.7 Å². The highest BCUT2D eigenvalue weighted by Crippen LogP contribution is 2.33. The third kappa shape index (κ3) is 2.69. The average Bonchev–Trinajstić information content (AvgIpc) is 2.95. The highest BCUT2D eigenvalue weighted by atomic mass is 32.1. The van der Waals surface area contributed by atoms with Gasteiger partial charge in [0.1, 0.15) is 5.01 Å². The maximum atomic E-state index is 4.40. The van der Waals surface area contributed by atoms with Crippen molar-refractivity contribution < 1.29 is 0 Å². The number of nitrogens with zero attached hydrogens (tertiary/aromatic N) is 2. The molecule has 1 aromatic heterocycles. The molecule has 17 heavy (non-hydrogen) atoms. The minimum Gasteiger partial charge on any atom is -0.306 e. The van der Waals surface area contributed by atoms with Gasteiger partial charge in [-0.05, 0) is 33.1 Å². The maximum absolute atomic E-state index is 4.40. The van der Waals surface area contributed by atoms with Gasteiger partial charge in [0.15, 0.2) is 0 Å². The van der Waals surface area contributed by atoms with E-state index in [9.17, 15) is 0 Å². The van der Waals surface area contributed by atoms with E-state index in [1.807, 2.05) is 6.20 Å². The third-order valence-corrected chi connectivity index (χ3v) is 4.76. The molecule has 2 atom stereocenters. The summed E-state index contributed by atoms with van der Waals surface area (Å²) in [5.41, 5.74) is 0. The lowest BCUT2D eigenvalue weighted by atomic mass is 10.2. The molecule has 2 heterocycles. The molecule has 3 nitrogen and oxygen atoms in total. The molecule has 0 spiro atoms. The van der Waals surface area contributed by atoms with Gasteiger partial charge in [-0.25, -0.2) is 4.98 Å². The smallest absolute Gasteiger partial charge is 0.107 e. The Bertz CT molecular complexity index is 386. The number of hydrogen-bond donors (Lipinski definition) is 1. The van der Waals surface area contributed by atoms with Crippen LogP contribution in [0.1, 0.15) is 36.1 Å². The van der Waals surface area contributed by atoms with E-state index in [0.29, 0.717) is 6.04 Å². The topological polar surface area (TPSA) is 28.2 Å². The van der Waals surface area contributed by atoms with Gasteiger partial charge >= 0.3 is 0 Å². The van der Waals surface area contributed by atoms with Gasteiger partial charge in [0.2, 0.25) is 0 Å². The Morgan fingerprint density at radius 2 is 2.35 bits per heavy atom. The van der Waals surface area contributed by atoms with E-state index in [0.717, 1.165) is 18.6 Å². The zero-order chi connectivity index (χ0) is 11.8. The summed E-state index contributed by atoms with van der Waals surface area (Å²) in [5, 5.41) is 4.88. The van der Waals surface area contributed by atoms with Crippen molar-refractivity contribution >= 4 is 11.3 Å². The van der Waals surface area contributed by atoms with Crippen LogP contribution in [0.15, 0.2) is 6.20 Å². The summed E-state index contributed by atoms with van der Waals surface area (Å²) in [5.74, 6) is 0. The summed E-state index contributed by atoms with van der Waals surface area (Å²) < 4.78 is 0. The second kappa shape index (κ2) is 4.67. The summed E-state index contributed by atoms with van der Waals surface area (Å²) in [6, 6.07) is 2.33. The number of likely N-dealkylation sites (tertiary alicyclic amines) is 1. The van der Waals surface area contributed by atoms with Crippen LogP contribution >= 0.6 is 11.3 Å². The highest BCUT2D eigenvalue weighted by Gasteiger charge is 2.38. The number of nitrogens with one attached hydrogen (secondary N) is 1. The first-order chi connectivity index (χ1) is 8.22. The summed E-state index contributed by atoms with van der Waals surface area (Å²) >= 11 is 1.80. The first-order valence-electron chi connectivity index (χ1n) is 6.63. The molecular formula is C13H21N3S. The molecule has 1 saturated heterocycles. The van der Waals surface area contributed by atoms with E-state index in [1.54, 1.807) is 11.3 Å². The van der Waals surface area contributed by atoms with Gasteiger partial charge in [0, 0.05) is 42.3 Å². The quantitative estimate of drug-likeness (QED) is 0.889.